The number of halogens is 2. The highest BCUT2D eigenvalue weighted by Crippen LogP contribution is 2.35. The highest BCUT2D eigenvalue weighted by molar-refractivity contribution is 4.91. The minimum Gasteiger partial charge on any atom is -0.412 e. The van der Waals surface area contributed by atoms with Crippen molar-refractivity contribution in [3.05, 3.63) is 0 Å². The van der Waals surface area contributed by atoms with Crippen molar-refractivity contribution in [3.8, 4) is 0 Å². The van der Waals surface area contributed by atoms with E-state index in [4.69, 9.17) is 4.74 Å². The minimum absolute atomic E-state index is 0. The van der Waals surface area contributed by atoms with Gasteiger partial charge in [-0.2, -0.15) is 0 Å². The summed E-state index contributed by atoms with van der Waals surface area (Å²) in [5.74, 6) is -0.0820. The molecule has 0 heterocycles. The molecule has 0 saturated heterocycles. The van der Waals surface area contributed by atoms with Gasteiger partial charge in [0.15, 0.2) is 6.17 Å². The second-order valence-electron chi connectivity index (χ2n) is 4.73. The van der Waals surface area contributed by atoms with E-state index in [0.717, 1.165) is 0 Å². The molecule has 1 rings (SSSR count). The van der Waals surface area contributed by atoms with Crippen LogP contribution >= 0.6 is 0 Å². The summed E-state index contributed by atoms with van der Waals surface area (Å²) in [4.78, 5) is 0. The smallest absolute Gasteiger partial charge is 0.158 e. The first-order valence-corrected chi connectivity index (χ1v) is 5.37. The van der Waals surface area contributed by atoms with Gasteiger partial charge in [0.25, 0.3) is 0 Å². The highest BCUT2D eigenvalue weighted by atomic mass is 19.2. The molecule has 4 heteroatoms. The standard InChI is InChI=1S/C11H20F2O.H2O/c1-6(2)14-11-8(4)5-7(3)9(12)10(11)13;/h6-11H,5H2,1-4H3;1H2. The van der Waals surface area contributed by atoms with E-state index in [9.17, 15) is 8.78 Å². The molecule has 0 amide bonds. The Morgan fingerprint density at radius 3 is 2.07 bits per heavy atom. The zero-order valence-corrected chi connectivity index (χ0v) is 9.84. The van der Waals surface area contributed by atoms with E-state index in [1.54, 1.807) is 6.92 Å². The van der Waals surface area contributed by atoms with Gasteiger partial charge in [-0.25, -0.2) is 8.78 Å². The van der Waals surface area contributed by atoms with Gasteiger partial charge >= 0.3 is 0 Å². The molecule has 0 aromatic carbocycles. The van der Waals surface area contributed by atoms with Gasteiger partial charge in [0, 0.05) is 0 Å². The Hall–Kier alpha value is -0.220. The number of hydrogen-bond acceptors (Lipinski definition) is 1. The Kier molecular flexibility index (Phi) is 5.67. The average Bonchev–Trinajstić information content (AvgIpc) is 2.09. The Labute approximate surface area is 90.3 Å². The third-order valence-electron chi connectivity index (χ3n) is 2.90. The first-order valence-electron chi connectivity index (χ1n) is 5.37. The summed E-state index contributed by atoms with van der Waals surface area (Å²) in [5.41, 5.74) is 0. The van der Waals surface area contributed by atoms with Crippen LogP contribution in [-0.4, -0.2) is 30.0 Å². The summed E-state index contributed by atoms with van der Waals surface area (Å²) < 4.78 is 32.4. The second-order valence-corrected chi connectivity index (χ2v) is 4.73. The molecule has 0 bridgehead atoms. The van der Waals surface area contributed by atoms with Crippen LogP contribution in [0.1, 0.15) is 34.1 Å². The fourth-order valence-electron chi connectivity index (χ4n) is 2.18. The molecule has 5 atom stereocenters. The summed E-state index contributed by atoms with van der Waals surface area (Å²) in [6.07, 6.45) is -2.73. The molecular weight excluding hydrogens is 202 g/mol. The monoisotopic (exact) mass is 224 g/mol. The summed E-state index contributed by atoms with van der Waals surface area (Å²) in [5, 5.41) is 0. The van der Waals surface area contributed by atoms with Gasteiger partial charge < -0.3 is 10.2 Å². The average molecular weight is 224 g/mol. The van der Waals surface area contributed by atoms with Crippen LogP contribution in [0.2, 0.25) is 0 Å². The van der Waals surface area contributed by atoms with E-state index >= 15 is 0 Å². The minimum atomic E-state index is -1.46. The third-order valence-corrected chi connectivity index (χ3v) is 2.90. The molecule has 0 aliphatic heterocycles. The van der Waals surface area contributed by atoms with Crippen molar-refractivity contribution in [2.45, 2.75) is 58.7 Å². The van der Waals surface area contributed by atoms with Crippen LogP contribution in [0, 0.1) is 11.8 Å². The maximum absolute atomic E-state index is 13.6. The largest absolute Gasteiger partial charge is 0.412 e. The maximum Gasteiger partial charge on any atom is 0.158 e. The fraction of sp³-hybridized carbons (Fsp3) is 1.00. The molecular formula is C11H22F2O2. The van der Waals surface area contributed by atoms with Crippen LogP contribution in [0.25, 0.3) is 0 Å². The van der Waals surface area contributed by atoms with E-state index in [1.807, 2.05) is 20.8 Å². The predicted molar refractivity (Wildman–Crippen MR) is 56.4 cm³/mol. The molecule has 1 saturated carbocycles. The normalized spacial score (nSPS) is 41.4. The zero-order chi connectivity index (χ0) is 10.9. The van der Waals surface area contributed by atoms with E-state index in [2.05, 4.69) is 0 Å². The van der Waals surface area contributed by atoms with Gasteiger partial charge in [0.05, 0.1) is 12.2 Å². The Bertz CT molecular complexity index is 187. The lowest BCUT2D eigenvalue weighted by Gasteiger charge is -2.38. The number of rotatable bonds is 2. The van der Waals surface area contributed by atoms with Crippen molar-refractivity contribution in [2.24, 2.45) is 11.8 Å². The van der Waals surface area contributed by atoms with E-state index in [0.29, 0.717) is 6.42 Å². The SMILES string of the molecule is CC(C)OC1C(C)CC(C)C(F)C1F.O. The maximum atomic E-state index is 13.6. The first kappa shape index (κ1) is 14.8. The quantitative estimate of drug-likeness (QED) is 0.709. The van der Waals surface area contributed by atoms with Crippen molar-refractivity contribution in [3.63, 3.8) is 0 Å². The molecule has 0 aromatic rings. The number of ether oxygens (including phenoxy) is 1. The van der Waals surface area contributed by atoms with Crippen LogP contribution in [0.15, 0.2) is 0 Å². The molecule has 15 heavy (non-hydrogen) atoms. The molecule has 0 spiro atoms. The van der Waals surface area contributed by atoms with Crippen molar-refractivity contribution in [2.75, 3.05) is 0 Å². The lowest BCUT2D eigenvalue weighted by Crippen LogP contribution is -2.47. The highest BCUT2D eigenvalue weighted by Gasteiger charge is 2.43. The van der Waals surface area contributed by atoms with E-state index in [1.165, 1.54) is 0 Å². The summed E-state index contributed by atoms with van der Waals surface area (Å²) in [7, 11) is 0. The zero-order valence-electron chi connectivity index (χ0n) is 9.84. The summed E-state index contributed by atoms with van der Waals surface area (Å²) in [6, 6.07) is 0. The summed E-state index contributed by atoms with van der Waals surface area (Å²) in [6.45, 7) is 7.40. The van der Waals surface area contributed by atoms with Crippen LogP contribution in [-0.2, 0) is 4.74 Å². The lowest BCUT2D eigenvalue weighted by molar-refractivity contribution is -0.118. The van der Waals surface area contributed by atoms with Crippen LogP contribution in [0.5, 0.6) is 0 Å². The van der Waals surface area contributed by atoms with E-state index in [-0.39, 0.29) is 23.4 Å². The van der Waals surface area contributed by atoms with Crippen molar-refractivity contribution < 1.29 is 19.0 Å². The molecule has 5 unspecified atom stereocenters. The molecule has 1 fully saturated rings. The fourth-order valence-corrected chi connectivity index (χ4v) is 2.18. The predicted octanol–water partition coefficient (Wildman–Crippen LogP) is 2.31. The second kappa shape index (κ2) is 5.75. The van der Waals surface area contributed by atoms with Gasteiger partial charge in [0.1, 0.15) is 6.17 Å². The van der Waals surface area contributed by atoms with Crippen molar-refractivity contribution >= 4 is 0 Å². The molecule has 0 aromatic heterocycles. The van der Waals surface area contributed by atoms with E-state index < -0.39 is 18.4 Å². The molecule has 92 valence electrons. The molecule has 2 nitrogen and oxygen atoms in total. The van der Waals surface area contributed by atoms with Crippen molar-refractivity contribution in [1.29, 1.82) is 0 Å². The number of alkyl halides is 2. The van der Waals surface area contributed by atoms with Gasteiger partial charge in [-0.3, -0.25) is 0 Å². The van der Waals surface area contributed by atoms with Gasteiger partial charge in [-0.1, -0.05) is 13.8 Å². The Balaban J connectivity index is 0.00000196. The Morgan fingerprint density at radius 1 is 1.07 bits per heavy atom. The van der Waals surface area contributed by atoms with Gasteiger partial charge in [0.2, 0.25) is 0 Å². The molecule has 1 aliphatic carbocycles. The molecule has 2 N–H and O–H groups in total. The van der Waals surface area contributed by atoms with Crippen LogP contribution < -0.4 is 0 Å². The first-order chi connectivity index (χ1) is 6.43. The van der Waals surface area contributed by atoms with Gasteiger partial charge in [-0.15, -0.1) is 0 Å². The lowest BCUT2D eigenvalue weighted by atomic mass is 9.79. The van der Waals surface area contributed by atoms with Gasteiger partial charge in [-0.05, 0) is 32.1 Å². The van der Waals surface area contributed by atoms with Crippen LogP contribution in [0.4, 0.5) is 8.78 Å². The topological polar surface area (TPSA) is 40.7 Å². The van der Waals surface area contributed by atoms with Crippen LogP contribution in [0.3, 0.4) is 0 Å². The summed E-state index contributed by atoms with van der Waals surface area (Å²) >= 11 is 0. The molecule has 1 aliphatic rings. The molecule has 0 radical (unpaired) electrons. The Morgan fingerprint density at radius 2 is 1.60 bits per heavy atom. The number of hydrogen-bond donors (Lipinski definition) is 0. The van der Waals surface area contributed by atoms with Crippen molar-refractivity contribution in [1.82, 2.24) is 0 Å². The third kappa shape index (κ3) is 3.38.